The summed E-state index contributed by atoms with van der Waals surface area (Å²) in [5, 5.41) is 2.65. The van der Waals surface area contributed by atoms with Crippen molar-refractivity contribution in [3.8, 4) is 0 Å². The number of ether oxygens (including phenoxy) is 5. The smallest absolute Gasteiger partial charge is 0.303 e. The number of carbonyl (C=O) groups is 4. The van der Waals surface area contributed by atoms with Crippen LogP contribution in [0.25, 0.3) is 0 Å². The summed E-state index contributed by atoms with van der Waals surface area (Å²) in [5.74, 6) is -2.24. The van der Waals surface area contributed by atoms with Gasteiger partial charge in [-0.25, -0.2) is 0 Å². The van der Waals surface area contributed by atoms with E-state index in [0.717, 1.165) is 19.3 Å². The number of carbonyl (C=O) groups excluding carboxylic acids is 4. The molecule has 1 aliphatic heterocycles. The molecular weight excluding hydrogens is 386 g/mol. The summed E-state index contributed by atoms with van der Waals surface area (Å²) in [6.45, 7) is 7.06. The highest BCUT2D eigenvalue weighted by atomic mass is 16.7. The Kier molecular flexibility index (Phi) is 10.6. The van der Waals surface area contributed by atoms with Crippen LogP contribution in [0, 0.1) is 0 Å². The molecule has 1 N–H and O–H groups in total. The molecule has 1 aliphatic rings. The van der Waals surface area contributed by atoms with E-state index in [0.29, 0.717) is 6.61 Å². The summed E-state index contributed by atoms with van der Waals surface area (Å²) in [6.07, 6.45) is -1.44. The van der Waals surface area contributed by atoms with E-state index in [2.05, 4.69) is 5.32 Å². The fourth-order valence-corrected chi connectivity index (χ4v) is 2.98. The first-order valence-electron chi connectivity index (χ1n) is 9.67. The van der Waals surface area contributed by atoms with Gasteiger partial charge in [0.2, 0.25) is 5.91 Å². The summed E-state index contributed by atoms with van der Waals surface area (Å²) < 4.78 is 27.4. The highest BCUT2D eigenvalue weighted by Crippen LogP contribution is 2.28. The van der Waals surface area contributed by atoms with Crippen molar-refractivity contribution in [2.24, 2.45) is 0 Å². The van der Waals surface area contributed by atoms with Crippen molar-refractivity contribution in [1.29, 1.82) is 0 Å². The average Bonchev–Trinajstić information content (AvgIpc) is 2.60. The largest absolute Gasteiger partial charge is 0.463 e. The van der Waals surface area contributed by atoms with Crippen molar-refractivity contribution in [3.63, 3.8) is 0 Å². The molecular formula is C19H31NO9. The predicted molar refractivity (Wildman–Crippen MR) is 99.5 cm³/mol. The number of hydrogen-bond acceptors (Lipinski definition) is 9. The monoisotopic (exact) mass is 417 g/mol. The van der Waals surface area contributed by atoms with E-state index >= 15 is 0 Å². The Morgan fingerprint density at radius 1 is 0.897 bits per heavy atom. The fraction of sp³-hybridized carbons (Fsp3) is 0.789. The van der Waals surface area contributed by atoms with E-state index in [1.807, 2.05) is 6.92 Å². The van der Waals surface area contributed by atoms with Gasteiger partial charge in [-0.05, 0) is 6.42 Å². The van der Waals surface area contributed by atoms with Crippen LogP contribution >= 0.6 is 0 Å². The second kappa shape index (κ2) is 12.4. The molecule has 1 amide bonds. The molecule has 0 unspecified atom stereocenters. The van der Waals surface area contributed by atoms with Gasteiger partial charge in [-0.3, -0.25) is 19.2 Å². The van der Waals surface area contributed by atoms with Crippen molar-refractivity contribution in [2.75, 3.05) is 13.2 Å². The summed E-state index contributed by atoms with van der Waals surface area (Å²) in [7, 11) is 0. The van der Waals surface area contributed by atoms with Crippen molar-refractivity contribution in [1.82, 2.24) is 5.32 Å². The molecule has 10 heteroatoms. The number of unbranched alkanes of at least 4 members (excludes halogenated alkanes) is 2. The Bertz CT molecular complexity index is 580. The molecule has 0 radical (unpaired) electrons. The molecule has 0 aromatic rings. The number of rotatable bonds is 10. The summed E-state index contributed by atoms with van der Waals surface area (Å²) in [4.78, 5) is 46.3. The van der Waals surface area contributed by atoms with Crippen LogP contribution in [-0.4, -0.2) is 67.7 Å². The van der Waals surface area contributed by atoms with Gasteiger partial charge in [-0.1, -0.05) is 19.8 Å². The quantitative estimate of drug-likeness (QED) is 0.313. The molecule has 0 aromatic heterocycles. The molecule has 0 spiro atoms. The third-order valence-corrected chi connectivity index (χ3v) is 4.10. The number of hydrogen-bond donors (Lipinski definition) is 1. The van der Waals surface area contributed by atoms with Crippen molar-refractivity contribution in [2.45, 2.75) is 84.5 Å². The molecule has 0 aliphatic carbocycles. The maximum Gasteiger partial charge on any atom is 0.303 e. The van der Waals surface area contributed by atoms with E-state index in [1.165, 1.54) is 27.7 Å². The lowest BCUT2D eigenvalue weighted by Crippen LogP contribution is -2.66. The number of nitrogens with one attached hydrogen (secondary N) is 1. The summed E-state index contributed by atoms with van der Waals surface area (Å²) in [5.41, 5.74) is 0. The zero-order chi connectivity index (χ0) is 22.0. The number of esters is 3. The van der Waals surface area contributed by atoms with E-state index < -0.39 is 54.5 Å². The molecule has 10 nitrogen and oxygen atoms in total. The zero-order valence-corrected chi connectivity index (χ0v) is 17.6. The lowest BCUT2D eigenvalue weighted by Gasteiger charge is -2.44. The zero-order valence-electron chi connectivity index (χ0n) is 17.6. The average molecular weight is 417 g/mol. The second-order valence-corrected chi connectivity index (χ2v) is 6.80. The normalized spacial score (nSPS) is 26.3. The van der Waals surface area contributed by atoms with Crippen molar-refractivity contribution < 1.29 is 42.9 Å². The van der Waals surface area contributed by atoms with Gasteiger partial charge in [-0.2, -0.15) is 0 Å². The summed E-state index contributed by atoms with van der Waals surface area (Å²) >= 11 is 0. The second-order valence-electron chi connectivity index (χ2n) is 6.80. The van der Waals surface area contributed by atoms with Crippen LogP contribution < -0.4 is 5.32 Å². The first-order chi connectivity index (χ1) is 13.6. The maximum absolute atomic E-state index is 11.8. The van der Waals surface area contributed by atoms with E-state index in [9.17, 15) is 19.2 Å². The van der Waals surface area contributed by atoms with Gasteiger partial charge in [0, 0.05) is 34.3 Å². The van der Waals surface area contributed by atoms with Crippen LogP contribution in [0.5, 0.6) is 0 Å². The van der Waals surface area contributed by atoms with Gasteiger partial charge in [0.05, 0.1) is 0 Å². The van der Waals surface area contributed by atoms with Crippen molar-refractivity contribution >= 4 is 23.8 Å². The molecule has 0 saturated carbocycles. The Morgan fingerprint density at radius 3 is 2.03 bits per heavy atom. The van der Waals surface area contributed by atoms with Crippen LogP contribution in [0.1, 0.15) is 53.9 Å². The van der Waals surface area contributed by atoms with E-state index in [-0.39, 0.29) is 6.61 Å². The third kappa shape index (κ3) is 8.78. The molecule has 0 bridgehead atoms. The minimum atomic E-state index is -1.11. The van der Waals surface area contributed by atoms with Gasteiger partial charge in [0.15, 0.2) is 18.5 Å². The fourth-order valence-electron chi connectivity index (χ4n) is 2.98. The Balaban J connectivity index is 3.17. The molecule has 166 valence electrons. The lowest BCUT2D eigenvalue weighted by molar-refractivity contribution is -0.277. The lowest BCUT2D eigenvalue weighted by atomic mass is 9.96. The molecule has 1 fully saturated rings. The van der Waals surface area contributed by atoms with Crippen LogP contribution in [-0.2, 0) is 42.9 Å². The Labute approximate surface area is 170 Å². The Morgan fingerprint density at radius 2 is 1.52 bits per heavy atom. The Hall–Kier alpha value is -2.20. The molecule has 1 heterocycles. The highest BCUT2D eigenvalue weighted by Gasteiger charge is 2.51. The van der Waals surface area contributed by atoms with E-state index in [1.54, 1.807) is 0 Å². The molecule has 5 atom stereocenters. The van der Waals surface area contributed by atoms with Gasteiger partial charge in [0.25, 0.3) is 0 Å². The number of amides is 1. The molecule has 0 aromatic carbocycles. The molecule has 1 saturated heterocycles. The van der Waals surface area contributed by atoms with Crippen LogP contribution in [0.2, 0.25) is 0 Å². The van der Waals surface area contributed by atoms with Gasteiger partial charge < -0.3 is 29.0 Å². The first-order valence-corrected chi connectivity index (χ1v) is 9.67. The highest BCUT2D eigenvalue weighted by molar-refractivity contribution is 5.73. The minimum absolute atomic E-state index is 0.243. The van der Waals surface area contributed by atoms with E-state index in [4.69, 9.17) is 23.7 Å². The van der Waals surface area contributed by atoms with Crippen molar-refractivity contribution in [3.05, 3.63) is 0 Å². The predicted octanol–water partition coefficient (Wildman–Crippen LogP) is 0.849. The third-order valence-electron chi connectivity index (χ3n) is 4.10. The first kappa shape index (κ1) is 24.8. The standard InChI is InChI=1S/C19H31NO9/c1-6-7-8-9-25-19-16(20-11(2)21)18(28-14(5)24)17(27-13(4)23)15(29-19)10-26-12(3)22/h15-19H,6-10H2,1-5H3,(H,20,21)/t15-,16+,17+,18-,19-/m0/s1. The van der Waals surface area contributed by atoms with Crippen LogP contribution in [0.4, 0.5) is 0 Å². The molecule has 29 heavy (non-hydrogen) atoms. The van der Waals surface area contributed by atoms with Crippen LogP contribution in [0.3, 0.4) is 0 Å². The summed E-state index contributed by atoms with van der Waals surface area (Å²) in [6, 6.07) is -0.920. The molecule has 1 rings (SSSR count). The maximum atomic E-state index is 11.8. The minimum Gasteiger partial charge on any atom is -0.463 e. The van der Waals surface area contributed by atoms with Gasteiger partial charge >= 0.3 is 17.9 Å². The van der Waals surface area contributed by atoms with Crippen LogP contribution in [0.15, 0.2) is 0 Å². The van der Waals surface area contributed by atoms with Gasteiger partial charge in [-0.15, -0.1) is 0 Å². The van der Waals surface area contributed by atoms with Gasteiger partial charge in [0.1, 0.15) is 18.8 Å². The SMILES string of the molecule is CCCCCO[C@H]1O[C@@H](COC(C)=O)[C@@H](OC(C)=O)[C@@H](OC(C)=O)[C@H]1NC(C)=O. The topological polar surface area (TPSA) is 126 Å².